The van der Waals surface area contributed by atoms with Gasteiger partial charge in [0.15, 0.2) is 5.78 Å². The Kier molecular flexibility index (Phi) is 4.50. The predicted octanol–water partition coefficient (Wildman–Crippen LogP) is 2.02. The van der Waals surface area contributed by atoms with E-state index in [-0.39, 0.29) is 12.4 Å². The third-order valence-electron chi connectivity index (χ3n) is 3.45. The van der Waals surface area contributed by atoms with Gasteiger partial charge >= 0.3 is 0 Å². The molecule has 3 heteroatoms. The number of aliphatic hydroxyl groups is 1. The van der Waals surface area contributed by atoms with E-state index in [1.807, 2.05) is 31.2 Å². The van der Waals surface area contributed by atoms with Crippen LogP contribution in [0.1, 0.15) is 35.2 Å². The zero-order valence-corrected chi connectivity index (χ0v) is 10.9. The smallest absolute Gasteiger partial charge is 0.164 e. The van der Waals surface area contributed by atoms with Gasteiger partial charge in [-0.3, -0.25) is 9.69 Å². The number of hydrogen-bond donors (Lipinski definition) is 1. The predicted molar refractivity (Wildman–Crippen MR) is 71.8 cm³/mol. The fourth-order valence-electron chi connectivity index (χ4n) is 2.17. The number of hydrogen-bond acceptors (Lipinski definition) is 3. The third kappa shape index (κ3) is 3.65. The van der Waals surface area contributed by atoms with E-state index in [9.17, 15) is 4.79 Å². The van der Waals surface area contributed by atoms with Crippen LogP contribution in [-0.2, 0) is 0 Å². The normalized spacial score (nSPS) is 15.1. The van der Waals surface area contributed by atoms with Crippen molar-refractivity contribution < 1.29 is 9.90 Å². The summed E-state index contributed by atoms with van der Waals surface area (Å²) in [6, 6.07) is 8.33. The second-order valence-corrected chi connectivity index (χ2v) is 5.03. The number of carbonyl (C=O) groups excluding carboxylic acids is 1. The second-order valence-electron chi connectivity index (χ2n) is 5.03. The number of rotatable bonds is 7. The van der Waals surface area contributed by atoms with Crippen LogP contribution in [-0.4, -0.2) is 41.5 Å². The molecule has 1 aliphatic carbocycles. The molecular formula is C15H21NO2. The maximum absolute atomic E-state index is 12.0. The molecule has 1 aliphatic rings. The van der Waals surface area contributed by atoms with E-state index in [0.29, 0.717) is 19.0 Å². The summed E-state index contributed by atoms with van der Waals surface area (Å²) in [5.74, 6) is 0.193. The zero-order valence-electron chi connectivity index (χ0n) is 10.9. The highest BCUT2D eigenvalue weighted by atomic mass is 16.3. The number of Topliss-reactive ketones (excluding diaryl/α,β-unsaturated/α-hetero) is 1. The zero-order chi connectivity index (χ0) is 13.0. The fourth-order valence-corrected chi connectivity index (χ4v) is 2.17. The van der Waals surface area contributed by atoms with Crippen molar-refractivity contribution in [3.8, 4) is 0 Å². The van der Waals surface area contributed by atoms with Crippen molar-refractivity contribution in [2.24, 2.45) is 0 Å². The Labute approximate surface area is 108 Å². The molecule has 0 spiro atoms. The molecule has 0 bridgehead atoms. The molecule has 18 heavy (non-hydrogen) atoms. The quantitative estimate of drug-likeness (QED) is 0.749. The second kappa shape index (κ2) is 6.12. The third-order valence-corrected chi connectivity index (χ3v) is 3.45. The van der Waals surface area contributed by atoms with Crippen LogP contribution in [0.4, 0.5) is 0 Å². The Balaban J connectivity index is 1.85. The van der Waals surface area contributed by atoms with E-state index in [1.54, 1.807) is 0 Å². The van der Waals surface area contributed by atoms with Crippen LogP contribution >= 0.6 is 0 Å². The Morgan fingerprint density at radius 2 is 1.94 bits per heavy atom. The van der Waals surface area contributed by atoms with Crippen molar-refractivity contribution in [1.29, 1.82) is 0 Å². The van der Waals surface area contributed by atoms with Gasteiger partial charge < -0.3 is 5.11 Å². The summed E-state index contributed by atoms with van der Waals surface area (Å²) in [5.41, 5.74) is 1.96. The first-order valence-electron chi connectivity index (χ1n) is 6.65. The van der Waals surface area contributed by atoms with Crippen LogP contribution in [0.5, 0.6) is 0 Å². The van der Waals surface area contributed by atoms with Gasteiger partial charge in [-0.15, -0.1) is 0 Å². The molecule has 0 amide bonds. The first kappa shape index (κ1) is 13.2. The summed E-state index contributed by atoms with van der Waals surface area (Å²) in [4.78, 5) is 14.2. The van der Waals surface area contributed by atoms with Crippen LogP contribution in [0.15, 0.2) is 24.3 Å². The Morgan fingerprint density at radius 1 is 1.28 bits per heavy atom. The van der Waals surface area contributed by atoms with Gasteiger partial charge in [-0.05, 0) is 19.8 Å². The molecule has 0 aliphatic heterocycles. The van der Waals surface area contributed by atoms with E-state index < -0.39 is 0 Å². The number of ketones is 1. The Bertz CT molecular complexity index is 395. The molecule has 1 fully saturated rings. The van der Waals surface area contributed by atoms with Crippen molar-refractivity contribution in [2.75, 3.05) is 19.7 Å². The lowest BCUT2D eigenvalue weighted by molar-refractivity contribution is 0.0954. The van der Waals surface area contributed by atoms with E-state index in [4.69, 9.17) is 5.11 Å². The van der Waals surface area contributed by atoms with E-state index in [2.05, 4.69) is 4.90 Å². The summed E-state index contributed by atoms with van der Waals surface area (Å²) < 4.78 is 0. The van der Waals surface area contributed by atoms with E-state index >= 15 is 0 Å². The highest BCUT2D eigenvalue weighted by Gasteiger charge is 2.28. The number of carbonyl (C=O) groups is 1. The highest BCUT2D eigenvalue weighted by molar-refractivity contribution is 5.96. The average molecular weight is 247 g/mol. The number of aryl methyl sites for hydroxylation is 1. The lowest BCUT2D eigenvalue weighted by atomic mass is 10.1. The first-order chi connectivity index (χ1) is 8.70. The van der Waals surface area contributed by atoms with Gasteiger partial charge in [-0.2, -0.15) is 0 Å². The molecule has 1 aromatic rings. The molecule has 0 atom stereocenters. The maximum atomic E-state index is 12.0. The lowest BCUT2D eigenvalue weighted by Crippen LogP contribution is -2.31. The van der Waals surface area contributed by atoms with Gasteiger partial charge in [0, 0.05) is 31.1 Å². The van der Waals surface area contributed by atoms with Gasteiger partial charge in [0.05, 0.1) is 6.61 Å². The van der Waals surface area contributed by atoms with Crippen LogP contribution in [0, 0.1) is 6.92 Å². The molecule has 0 unspecified atom stereocenters. The highest BCUT2D eigenvalue weighted by Crippen LogP contribution is 2.26. The minimum atomic E-state index is 0.176. The number of nitrogens with zero attached hydrogens (tertiary/aromatic N) is 1. The van der Waals surface area contributed by atoms with Crippen molar-refractivity contribution >= 4 is 5.78 Å². The van der Waals surface area contributed by atoms with Crippen LogP contribution in [0.2, 0.25) is 0 Å². The molecule has 3 nitrogen and oxygen atoms in total. The summed E-state index contributed by atoms with van der Waals surface area (Å²) in [6.07, 6.45) is 2.96. The SMILES string of the molecule is Cc1ccc(C(=O)CCN(CCO)C2CC2)cc1. The molecule has 98 valence electrons. The number of aliphatic hydroxyl groups excluding tert-OH is 1. The molecule has 0 radical (unpaired) electrons. The molecule has 0 aromatic heterocycles. The largest absolute Gasteiger partial charge is 0.395 e. The summed E-state index contributed by atoms with van der Waals surface area (Å²) in [6.45, 7) is 3.64. The van der Waals surface area contributed by atoms with Crippen molar-refractivity contribution in [1.82, 2.24) is 4.90 Å². The van der Waals surface area contributed by atoms with E-state index in [0.717, 1.165) is 12.1 Å². The Hall–Kier alpha value is -1.19. The topological polar surface area (TPSA) is 40.5 Å². The molecule has 1 saturated carbocycles. The summed E-state index contributed by atoms with van der Waals surface area (Å²) >= 11 is 0. The molecule has 1 N–H and O–H groups in total. The van der Waals surface area contributed by atoms with Gasteiger partial charge in [0.1, 0.15) is 0 Å². The molecule has 0 heterocycles. The van der Waals surface area contributed by atoms with Gasteiger partial charge in [-0.25, -0.2) is 0 Å². The average Bonchev–Trinajstić information content (AvgIpc) is 3.19. The lowest BCUT2D eigenvalue weighted by Gasteiger charge is -2.20. The molecule has 0 saturated heterocycles. The molecular weight excluding hydrogens is 226 g/mol. The van der Waals surface area contributed by atoms with Crippen molar-refractivity contribution in [2.45, 2.75) is 32.2 Å². The summed E-state index contributed by atoms with van der Waals surface area (Å²) in [7, 11) is 0. The van der Waals surface area contributed by atoms with Crippen LogP contribution in [0.3, 0.4) is 0 Å². The van der Waals surface area contributed by atoms with Crippen LogP contribution in [0.25, 0.3) is 0 Å². The van der Waals surface area contributed by atoms with Crippen molar-refractivity contribution in [3.05, 3.63) is 35.4 Å². The monoisotopic (exact) mass is 247 g/mol. The minimum absolute atomic E-state index is 0.176. The summed E-state index contributed by atoms with van der Waals surface area (Å²) in [5, 5.41) is 9.00. The van der Waals surface area contributed by atoms with Gasteiger partial charge in [-0.1, -0.05) is 29.8 Å². The molecule has 1 aromatic carbocycles. The Morgan fingerprint density at radius 3 is 2.50 bits per heavy atom. The maximum Gasteiger partial charge on any atom is 0.164 e. The van der Waals surface area contributed by atoms with Gasteiger partial charge in [0.25, 0.3) is 0 Å². The van der Waals surface area contributed by atoms with Gasteiger partial charge in [0.2, 0.25) is 0 Å². The number of benzene rings is 1. The standard InChI is InChI=1S/C15H21NO2/c1-12-2-4-13(5-3-12)15(18)8-9-16(10-11-17)14-6-7-14/h2-5,14,17H,6-11H2,1H3. The molecule has 2 rings (SSSR count). The minimum Gasteiger partial charge on any atom is -0.395 e. The fraction of sp³-hybridized carbons (Fsp3) is 0.533. The van der Waals surface area contributed by atoms with E-state index in [1.165, 1.54) is 18.4 Å². The van der Waals surface area contributed by atoms with Crippen molar-refractivity contribution in [3.63, 3.8) is 0 Å². The first-order valence-corrected chi connectivity index (χ1v) is 6.65. The van der Waals surface area contributed by atoms with Crippen LogP contribution < -0.4 is 0 Å².